The van der Waals surface area contributed by atoms with Gasteiger partial charge in [-0.15, -0.1) is 0 Å². The van der Waals surface area contributed by atoms with E-state index in [0.717, 1.165) is 5.69 Å². The number of carbonyl (C=O) groups excluding carboxylic acids is 2. The zero-order valence-corrected chi connectivity index (χ0v) is 19.3. The lowest BCUT2D eigenvalue weighted by molar-refractivity contribution is -0.114. The molecule has 0 aliphatic heterocycles. The maximum absolute atomic E-state index is 11.8. The maximum Gasteiger partial charge on any atom is 0.410 e. The van der Waals surface area contributed by atoms with Gasteiger partial charge in [-0.1, -0.05) is 0 Å². The van der Waals surface area contributed by atoms with Crippen LogP contribution in [0.5, 0.6) is 5.75 Å². The van der Waals surface area contributed by atoms with Gasteiger partial charge in [-0.05, 0) is 45.0 Å². The molecule has 31 heavy (non-hydrogen) atoms. The van der Waals surface area contributed by atoms with Crippen molar-refractivity contribution in [3.05, 3.63) is 24.3 Å². The molecule has 0 unspecified atom stereocenters. The van der Waals surface area contributed by atoms with E-state index in [1.165, 1.54) is 11.8 Å². The molecule has 0 saturated heterocycles. The first-order chi connectivity index (χ1) is 14.7. The Morgan fingerprint density at radius 2 is 1.39 bits per heavy atom. The molecule has 0 radical (unpaired) electrons. The Balaban J connectivity index is 1.92. The first-order valence-corrected chi connectivity index (χ1v) is 10.3. The molecular weight excluding hydrogens is 404 g/mol. The predicted octanol–water partition coefficient (Wildman–Crippen LogP) is 2.94. The second-order valence-electron chi connectivity index (χ2n) is 7.79. The van der Waals surface area contributed by atoms with Crippen LogP contribution in [0, 0.1) is 0 Å². The van der Waals surface area contributed by atoms with Crippen LogP contribution in [-0.2, 0) is 23.7 Å². The van der Waals surface area contributed by atoms with Crippen LogP contribution in [0.3, 0.4) is 0 Å². The average Bonchev–Trinajstić information content (AvgIpc) is 2.68. The zero-order chi connectivity index (χ0) is 23.1. The molecular formula is C22H36N2O7. The highest BCUT2D eigenvalue weighted by Gasteiger charge is 2.19. The van der Waals surface area contributed by atoms with Crippen molar-refractivity contribution >= 4 is 17.7 Å². The zero-order valence-electron chi connectivity index (χ0n) is 19.3. The Morgan fingerprint density at radius 1 is 0.871 bits per heavy atom. The number of likely N-dealkylation sites (N-methyl/N-ethyl adjacent to an activating group) is 1. The average molecular weight is 441 g/mol. The van der Waals surface area contributed by atoms with Gasteiger partial charge in [0.2, 0.25) is 5.91 Å². The highest BCUT2D eigenvalue weighted by Crippen LogP contribution is 2.15. The van der Waals surface area contributed by atoms with Crippen LogP contribution in [0.25, 0.3) is 0 Å². The molecule has 1 rings (SSSR count). The number of amides is 2. The Labute approximate surface area is 184 Å². The van der Waals surface area contributed by atoms with E-state index in [-0.39, 0.29) is 12.0 Å². The van der Waals surface area contributed by atoms with Gasteiger partial charge in [-0.3, -0.25) is 4.79 Å². The molecule has 0 aliphatic rings. The smallest absolute Gasteiger partial charge is 0.410 e. The van der Waals surface area contributed by atoms with Gasteiger partial charge < -0.3 is 33.9 Å². The summed E-state index contributed by atoms with van der Waals surface area (Å²) in [6, 6.07) is 7.14. The van der Waals surface area contributed by atoms with Crippen molar-refractivity contribution in [3.63, 3.8) is 0 Å². The van der Waals surface area contributed by atoms with Crippen LogP contribution in [0.15, 0.2) is 24.3 Å². The van der Waals surface area contributed by atoms with Gasteiger partial charge in [0.25, 0.3) is 0 Å². The van der Waals surface area contributed by atoms with Crippen LogP contribution in [-0.4, -0.2) is 82.3 Å². The fourth-order valence-electron chi connectivity index (χ4n) is 2.23. The highest BCUT2D eigenvalue weighted by atomic mass is 16.6. The van der Waals surface area contributed by atoms with E-state index in [1.807, 2.05) is 20.8 Å². The minimum absolute atomic E-state index is 0.110. The van der Waals surface area contributed by atoms with Gasteiger partial charge in [0, 0.05) is 26.2 Å². The summed E-state index contributed by atoms with van der Waals surface area (Å²) in [6.07, 6.45) is -0.365. The van der Waals surface area contributed by atoms with Crippen LogP contribution in [0.4, 0.5) is 10.5 Å². The van der Waals surface area contributed by atoms with E-state index in [0.29, 0.717) is 58.5 Å². The summed E-state index contributed by atoms with van der Waals surface area (Å²) in [5, 5.41) is 2.70. The third-order valence-corrected chi connectivity index (χ3v) is 3.69. The molecule has 1 N–H and O–H groups in total. The topological polar surface area (TPSA) is 95.6 Å². The molecule has 0 saturated carbocycles. The van der Waals surface area contributed by atoms with Crippen LogP contribution >= 0.6 is 0 Å². The lowest BCUT2D eigenvalue weighted by Gasteiger charge is -2.24. The summed E-state index contributed by atoms with van der Waals surface area (Å²) in [6.45, 7) is 10.5. The highest BCUT2D eigenvalue weighted by molar-refractivity contribution is 5.88. The fourth-order valence-corrected chi connectivity index (χ4v) is 2.23. The van der Waals surface area contributed by atoms with Crippen molar-refractivity contribution in [2.24, 2.45) is 0 Å². The quantitative estimate of drug-likeness (QED) is 0.444. The van der Waals surface area contributed by atoms with Gasteiger partial charge in [-0.25, -0.2) is 4.79 Å². The van der Waals surface area contributed by atoms with Crippen LogP contribution in [0.2, 0.25) is 0 Å². The van der Waals surface area contributed by atoms with E-state index in [2.05, 4.69) is 5.32 Å². The van der Waals surface area contributed by atoms with Gasteiger partial charge in [0.1, 0.15) is 18.0 Å². The van der Waals surface area contributed by atoms with Crippen molar-refractivity contribution in [3.8, 4) is 5.75 Å². The Kier molecular flexibility index (Phi) is 12.6. The van der Waals surface area contributed by atoms with Crippen molar-refractivity contribution in [2.45, 2.75) is 33.3 Å². The van der Waals surface area contributed by atoms with Crippen molar-refractivity contribution < 1.29 is 33.3 Å². The number of nitrogens with zero attached hydrogens (tertiary/aromatic N) is 1. The fraction of sp³-hybridized carbons (Fsp3) is 0.636. The standard InChI is InChI=1S/C22H36N2O7/c1-18(25)23-19-6-8-20(9-7-19)30-17-16-29-15-14-28-13-12-27-11-10-24(5)21(26)31-22(2,3)4/h6-9H,10-17H2,1-5H3,(H,23,25). The molecule has 9 heteroatoms. The number of hydrogen-bond acceptors (Lipinski definition) is 7. The minimum atomic E-state index is -0.505. The summed E-state index contributed by atoms with van der Waals surface area (Å²) in [5.74, 6) is 0.602. The minimum Gasteiger partial charge on any atom is -0.491 e. The van der Waals surface area contributed by atoms with Gasteiger partial charge in [-0.2, -0.15) is 0 Å². The molecule has 9 nitrogen and oxygen atoms in total. The van der Waals surface area contributed by atoms with E-state index >= 15 is 0 Å². The second kappa shape index (κ2) is 14.6. The number of nitrogens with one attached hydrogen (secondary N) is 1. The molecule has 0 aliphatic carbocycles. The van der Waals surface area contributed by atoms with Gasteiger partial charge in [0.05, 0.1) is 39.6 Å². The van der Waals surface area contributed by atoms with Crippen molar-refractivity contribution in [1.82, 2.24) is 4.90 Å². The number of carbonyl (C=O) groups is 2. The van der Waals surface area contributed by atoms with Crippen LogP contribution < -0.4 is 10.1 Å². The largest absolute Gasteiger partial charge is 0.491 e. The second-order valence-corrected chi connectivity index (χ2v) is 7.79. The normalized spacial score (nSPS) is 11.1. The Hall–Kier alpha value is -2.36. The number of benzene rings is 1. The molecule has 1 aromatic rings. The predicted molar refractivity (Wildman–Crippen MR) is 118 cm³/mol. The number of hydrogen-bond donors (Lipinski definition) is 1. The summed E-state index contributed by atoms with van der Waals surface area (Å²) in [5.41, 5.74) is 0.224. The molecule has 0 heterocycles. The summed E-state index contributed by atoms with van der Waals surface area (Å²) >= 11 is 0. The SMILES string of the molecule is CC(=O)Nc1ccc(OCCOCCOCCOCCN(C)C(=O)OC(C)(C)C)cc1. The van der Waals surface area contributed by atoms with E-state index in [9.17, 15) is 9.59 Å². The van der Waals surface area contributed by atoms with E-state index < -0.39 is 5.60 Å². The summed E-state index contributed by atoms with van der Waals surface area (Å²) in [4.78, 5) is 24.2. The molecule has 0 aromatic heterocycles. The van der Waals surface area contributed by atoms with E-state index in [4.69, 9.17) is 23.7 Å². The molecule has 0 bridgehead atoms. The molecule has 1 aromatic carbocycles. The third kappa shape index (κ3) is 14.3. The molecule has 2 amide bonds. The monoisotopic (exact) mass is 440 g/mol. The number of rotatable bonds is 14. The first-order valence-electron chi connectivity index (χ1n) is 10.3. The Morgan fingerprint density at radius 3 is 1.90 bits per heavy atom. The van der Waals surface area contributed by atoms with Crippen molar-refractivity contribution in [2.75, 3.05) is 65.2 Å². The number of ether oxygens (including phenoxy) is 5. The van der Waals surface area contributed by atoms with Crippen LogP contribution in [0.1, 0.15) is 27.7 Å². The Bertz CT molecular complexity index is 644. The molecule has 0 fully saturated rings. The molecule has 0 spiro atoms. The van der Waals surface area contributed by atoms with Gasteiger partial charge >= 0.3 is 6.09 Å². The molecule has 0 atom stereocenters. The first kappa shape index (κ1) is 26.7. The summed E-state index contributed by atoms with van der Waals surface area (Å²) < 4.78 is 27.2. The number of anilines is 1. The third-order valence-electron chi connectivity index (χ3n) is 3.69. The van der Waals surface area contributed by atoms with Crippen molar-refractivity contribution in [1.29, 1.82) is 0 Å². The lowest BCUT2D eigenvalue weighted by atomic mass is 10.2. The lowest BCUT2D eigenvalue weighted by Crippen LogP contribution is -2.36. The van der Waals surface area contributed by atoms with Gasteiger partial charge in [0.15, 0.2) is 0 Å². The molecule has 176 valence electrons. The summed E-state index contributed by atoms with van der Waals surface area (Å²) in [7, 11) is 1.68. The maximum atomic E-state index is 11.8. The van der Waals surface area contributed by atoms with E-state index in [1.54, 1.807) is 31.3 Å².